The molecule has 3 heteroatoms. The van der Waals surface area contributed by atoms with Gasteiger partial charge >= 0.3 is 0 Å². The second-order valence-electron chi connectivity index (χ2n) is 5.73. The number of rotatable bonds is 3. The van der Waals surface area contributed by atoms with Crippen molar-refractivity contribution >= 4 is 15.9 Å². The molecule has 22 heavy (non-hydrogen) atoms. The fraction of sp³-hybridized carbons (Fsp3) is 0.263. The van der Waals surface area contributed by atoms with E-state index in [2.05, 4.69) is 27.8 Å². The molecule has 0 bridgehead atoms. The Balaban J connectivity index is 2.05. The van der Waals surface area contributed by atoms with Gasteiger partial charge in [0.25, 0.3) is 0 Å². The lowest BCUT2D eigenvalue weighted by atomic mass is 9.93. The van der Waals surface area contributed by atoms with Crippen LogP contribution in [0.5, 0.6) is 11.5 Å². The molecule has 0 aliphatic carbocycles. The van der Waals surface area contributed by atoms with Crippen molar-refractivity contribution < 1.29 is 9.84 Å². The minimum atomic E-state index is -0.794. The van der Waals surface area contributed by atoms with Crippen LogP contribution in [0.2, 0.25) is 0 Å². The van der Waals surface area contributed by atoms with E-state index in [0.717, 1.165) is 21.5 Å². The number of ether oxygens (including phenoxy) is 1. The van der Waals surface area contributed by atoms with Crippen LogP contribution in [0, 0.1) is 17.8 Å². The topological polar surface area (TPSA) is 29.5 Å². The Labute approximate surface area is 140 Å². The van der Waals surface area contributed by atoms with Crippen LogP contribution in [0.25, 0.3) is 0 Å². The van der Waals surface area contributed by atoms with Gasteiger partial charge in [0.2, 0.25) is 0 Å². The largest absolute Gasteiger partial charge is 0.457 e. The maximum Gasteiger partial charge on any atom is 0.127 e. The number of halogens is 1. The molecule has 0 spiro atoms. The Morgan fingerprint density at radius 3 is 2.00 bits per heavy atom. The van der Waals surface area contributed by atoms with Crippen LogP contribution in [-0.2, 0) is 0 Å². The highest BCUT2D eigenvalue weighted by Crippen LogP contribution is 2.23. The molecule has 0 radical (unpaired) electrons. The molecule has 0 amide bonds. The van der Waals surface area contributed by atoms with Gasteiger partial charge in [0.1, 0.15) is 11.5 Å². The third-order valence-corrected chi connectivity index (χ3v) is 3.93. The molecule has 2 nitrogen and oxygen atoms in total. The van der Waals surface area contributed by atoms with Gasteiger partial charge in [0, 0.05) is 16.0 Å². The third kappa shape index (κ3) is 4.91. The molecule has 0 aliphatic heterocycles. The Morgan fingerprint density at radius 1 is 1.00 bits per heavy atom. The summed E-state index contributed by atoms with van der Waals surface area (Å²) in [5, 5.41) is 9.87. The first-order valence-electron chi connectivity index (χ1n) is 7.12. The maximum atomic E-state index is 9.87. The van der Waals surface area contributed by atoms with Crippen LogP contribution >= 0.6 is 15.9 Å². The van der Waals surface area contributed by atoms with E-state index in [-0.39, 0.29) is 5.92 Å². The summed E-state index contributed by atoms with van der Waals surface area (Å²) in [6.45, 7) is 5.45. The fourth-order valence-electron chi connectivity index (χ4n) is 1.61. The zero-order valence-corrected chi connectivity index (χ0v) is 14.5. The molecule has 114 valence electrons. The van der Waals surface area contributed by atoms with E-state index in [1.54, 1.807) is 13.8 Å². The quantitative estimate of drug-likeness (QED) is 0.782. The van der Waals surface area contributed by atoms with Gasteiger partial charge in [-0.25, -0.2) is 0 Å². The van der Waals surface area contributed by atoms with Gasteiger partial charge in [-0.1, -0.05) is 27.8 Å². The van der Waals surface area contributed by atoms with E-state index < -0.39 is 5.60 Å². The van der Waals surface area contributed by atoms with Crippen molar-refractivity contribution in [2.24, 2.45) is 5.92 Å². The van der Waals surface area contributed by atoms with E-state index in [1.807, 2.05) is 55.5 Å². The van der Waals surface area contributed by atoms with Gasteiger partial charge in [0.05, 0.1) is 5.60 Å². The predicted octanol–water partition coefficient (Wildman–Crippen LogP) is 5.00. The first-order chi connectivity index (χ1) is 10.3. The molecule has 1 atom stereocenters. The standard InChI is InChI=1S/C19H19BrO2/c1-14(19(2,3)21)4-5-15-6-10-17(11-7-15)22-18-12-8-16(20)9-13-18/h6-14,21H,1-3H3. The summed E-state index contributed by atoms with van der Waals surface area (Å²) < 4.78 is 6.78. The van der Waals surface area contributed by atoms with E-state index >= 15 is 0 Å². The average molecular weight is 359 g/mol. The lowest BCUT2D eigenvalue weighted by molar-refractivity contribution is 0.0477. The zero-order valence-electron chi connectivity index (χ0n) is 12.9. The smallest absolute Gasteiger partial charge is 0.127 e. The summed E-state index contributed by atoms with van der Waals surface area (Å²) in [6.07, 6.45) is 0. The number of benzene rings is 2. The second kappa shape index (κ2) is 7.00. The molecular weight excluding hydrogens is 340 g/mol. The molecule has 2 aromatic rings. The number of hydrogen-bond acceptors (Lipinski definition) is 2. The molecule has 0 aromatic heterocycles. The van der Waals surface area contributed by atoms with E-state index in [0.29, 0.717) is 0 Å². The van der Waals surface area contributed by atoms with Crippen molar-refractivity contribution in [1.29, 1.82) is 0 Å². The summed E-state index contributed by atoms with van der Waals surface area (Å²) in [5.74, 6) is 7.61. The lowest BCUT2D eigenvalue weighted by Crippen LogP contribution is -2.27. The van der Waals surface area contributed by atoms with Crippen molar-refractivity contribution in [3.05, 3.63) is 58.6 Å². The Hall–Kier alpha value is -1.76. The SMILES string of the molecule is CC(C#Cc1ccc(Oc2ccc(Br)cc2)cc1)C(C)(C)O. The van der Waals surface area contributed by atoms with Crippen molar-refractivity contribution in [2.75, 3.05) is 0 Å². The van der Waals surface area contributed by atoms with Gasteiger partial charge in [-0.05, 0) is 69.3 Å². The zero-order chi connectivity index (χ0) is 16.2. The van der Waals surface area contributed by atoms with Crippen LogP contribution in [-0.4, -0.2) is 10.7 Å². The van der Waals surface area contributed by atoms with Gasteiger partial charge in [-0.3, -0.25) is 0 Å². The molecular formula is C19H19BrO2. The summed E-state index contributed by atoms with van der Waals surface area (Å²) in [5.41, 5.74) is 0.108. The molecule has 0 saturated heterocycles. The minimum absolute atomic E-state index is 0.0915. The number of aliphatic hydroxyl groups is 1. The van der Waals surface area contributed by atoms with Gasteiger partial charge < -0.3 is 9.84 Å². The highest BCUT2D eigenvalue weighted by atomic mass is 79.9. The van der Waals surface area contributed by atoms with Crippen LogP contribution in [0.3, 0.4) is 0 Å². The van der Waals surface area contributed by atoms with Crippen molar-refractivity contribution in [1.82, 2.24) is 0 Å². The average Bonchev–Trinajstić information content (AvgIpc) is 2.47. The lowest BCUT2D eigenvalue weighted by Gasteiger charge is -2.20. The second-order valence-corrected chi connectivity index (χ2v) is 6.64. The third-order valence-electron chi connectivity index (χ3n) is 3.40. The first kappa shape index (κ1) is 16.6. The molecule has 0 saturated carbocycles. The Kier molecular flexibility index (Phi) is 5.28. The van der Waals surface area contributed by atoms with Gasteiger partial charge in [-0.15, -0.1) is 0 Å². The Morgan fingerprint density at radius 2 is 1.50 bits per heavy atom. The summed E-state index contributed by atoms with van der Waals surface area (Å²) >= 11 is 3.39. The minimum Gasteiger partial charge on any atom is -0.457 e. The molecule has 1 N–H and O–H groups in total. The molecule has 2 rings (SSSR count). The van der Waals surface area contributed by atoms with Crippen molar-refractivity contribution in [3.63, 3.8) is 0 Å². The fourth-order valence-corrected chi connectivity index (χ4v) is 1.88. The van der Waals surface area contributed by atoms with Crippen molar-refractivity contribution in [2.45, 2.75) is 26.4 Å². The van der Waals surface area contributed by atoms with Crippen LogP contribution in [0.1, 0.15) is 26.3 Å². The van der Waals surface area contributed by atoms with Gasteiger partial charge in [0.15, 0.2) is 0 Å². The first-order valence-corrected chi connectivity index (χ1v) is 7.91. The maximum absolute atomic E-state index is 9.87. The molecule has 0 aliphatic rings. The van der Waals surface area contributed by atoms with E-state index in [9.17, 15) is 5.11 Å². The predicted molar refractivity (Wildman–Crippen MR) is 93.0 cm³/mol. The van der Waals surface area contributed by atoms with Crippen molar-refractivity contribution in [3.8, 4) is 23.3 Å². The highest BCUT2D eigenvalue weighted by Gasteiger charge is 2.19. The normalized spacial score (nSPS) is 12.2. The number of hydrogen-bond donors (Lipinski definition) is 1. The van der Waals surface area contributed by atoms with Crippen LogP contribution in [0.4, 0.5) is 0 Å². The van der Waals surface area contributed by atoms with E-state index in [4.69, 9.17) is 4.74 Å². The van der Waals surface area contributed by atoms with Gasteiger partial charge in [-0.2, -0.15) is 0 Å². The summed E-state index contributed by atoms with van der Waals surface area (Å²) in [6, 6.07) is 15.3. The molecule has 2 aromatic carbocycles. The van der Waals surface area contributed by atoms with E-state index in [1.165, 1.54) is 0 Å². The highest BCUT2D eigenvalue weighted by molar-refractivity contribution is 9.10. The summed E-state index contributed by atoms with van der Waals surface area (Å²) in [4.78, 5) is 0. The molecule has 0 heterocycles. The molecule has 0 fully saturated rings. The van der Waals surface area contributed by atoms with Crippen LogP contribution < -0.4 is 4.74 Å². The van der Waals surface area contributed by atoms with Crippen LogP contribution in [0.15, 0.2) is 53.0 Å². The monoisotopic (exact) mass is 358 g/mol. The Bertz CT molecular complexity index is 671. The summed E-state index contributed by atoms with van der Waals surface area (Å²) in [7, 11) is 0. The molecule has 1 unspecified atom stereocenters.